The molecule has 0 unspecified atom stereocenters. The number of ether oxygens (including phenoxy) is 1. The summed E-state index contributed by atoms with van der Waals surface area (Å²) in [5, 5.41) is 6.27. The molecule has 3 aromatic rings. The molecule has 3 rings (SSSR count). The summed E-state index contributed by atoms with van der Waals surface area (Å²) in [6.45, 7) is -0.0888. The lowest BCUT2D eigenvalue weighted by molar-refractivity contribution is -0.118. The van der Waals surface area contributed by atoms with Crippen LogP contribution >= 0.6 is 38.9 Å². The fourth-order valence-corrected chi connectivity index (χ4v) is 3.44. The first-order valence-electron chi connectivity index (χ1n) is 6.99. The van der Waals surface area contributed by atoms with Crippen molar-refractivity contribution < 1.29 is 9.53 Å². The van der Waals surface area contributed by atoms with Gasteiger partial charge in [-0.25, -0.2) is 4.98 Å². The van der Waals surface area contributed by atoms with Crippen LogP contribution in [0, 0.1) is 0 Å². The molecule has 122 valence electrons. The maximum atomic E-state index is 12.0. The van der Waals surface area contributed by atoms with Gasteiger partial charge in [-0.15, -0.1) is 11.3 Å². The van der Waals surface area contributed by atoms with E-state index in [1.54, 1.807) is 35.7 Å². The van der Waals surface area contributed by atoms with Crippen molar-refractivity contribution in [2.45, 2.75) is 0 Å². The molecule has 0 aliphatic rings. The number of hydrogen-bond donors (Lipinski definition) is 1. The van der Waals surface area contributed by atoms with Crippen molar-refractivity contribution in [3.8, 4) is 16.3 Å². The number of carbonyl (C=O) groups excluding carboxylic acids is 1. The summed E-state index contributed by atoms with van der Waals surface area (Å²) in [5.41, 5.74) is 1.73. The van der Waals surface area contributed by atoms with Crippen LogP contribution in [0.25, 0.3) is 10.6 Å². The molecule has 0 atom stereocenters. The molecule has 2 aromatic carbocycles. The Morgan fingerprint density at radius 2 is 2.04 bits per heavy atom. The quantitative estimate of drug-likeness (QED) is 0.610. The number of halogens is 2. The van der Waals surface area contributed by atoms with E-state index in [-0.39, 0.29) is 12.5 Å². The number of nitrogens with zero attached hydrogens (tertiary/aromatic N) is 1. The summed E-state index contributed by atoms with van der Waals surface area (Å²) < 4.78 is 6.19. The molecule has 1 amide bonds. The molecule has 0 bridgehead atoms. The fourth-order valence-electron chi connectivity index (χ4n) is 1.99. The number of anilines is 1. The third-order valence-corrected chi connectivity index (χ3v) is 4.78. The van der Waals surface area contributed by atoms with Crippen LogP contribution in [0.15, 0.2) is 58.5 Å². The van der Waals surface area contributed by atoms with E-state index < -0.39 is 0 Å². The predicted molar refractivity (Wildman–Crippen MR) is 101 cm³/mol. The molecule has 0 aliphatic carbocycles. The molecule has 0 saturated heterocycles. The van der Waals surface area contributed by atoms with E-state index in [2.05, 4.69) is 26.2 Å². The van der Waals surface area contributed by atoms with Crippen molar-refractivity contribution in [3.63, 3.8) is 0 Å². The zero-order chi connectivity index (χ0) is 16.9. The zero-order valence-corrected chi connectivity index (χ0v) is 15.5. The summed E-state index contributed by atoms with van der Waals surface area (Å²) in [6, 6.07) is 12.7. The van der Waals surface area contributed by atoms with Gasteiger partial charge in [0.2, 0.25) is 0 Å². The van der Waals surface area contributed by atoms with Gasteiger partial charge in [-0.2, -0.15) is 0 Å². The number of nitrogens with one attached hydrogen (secondary N) is 1. The van der Waals surface area contributed by atoms with Crippen molar-refractivity contribution in [1.82, 2.24) is 4.98 Å². The second-order valence-corrected chi connectivity index (χ2v) is 7.01. The van der Waals surface area contributed by atoms with E-state index in [0.717, 1.165) is 10.6 Å². The number of benzene rings is 2. The van der Waals surface area contributed by atoms with E-state index in [0.29, 0.717) is 20.9 Å². The standard InChI is InChI=1S/C17H12BrClN2O2S/c18-14-9-12(19)3-6-15(14)23-10-16(22)21-13-4-1-11(2-5-13)17-20-7-8-24-17/h1-9H,10H2,(H,21,22). The monoisotopic (exact) mass is 422 g/mol. The third-order valence-electron chi connectivity index (χ3n) is 3.10. The normalized spacial score (nSPS) is 10.4. The fraction of sp³-hybridized carbons (Fsp3) is 0.0588. The molecule has 7 heteroatoms. The minimum Gasteiger partial charge on any atom is -0.483 e. The Morgan fingerprint density at radius 3 is 2.71 bits per heavy atom. The average molecular weight is 424 g/mol. The van der Waals surface area contributed by atoms with Gasteiger partial charge in [0.1, 0.15) is 10.8 Å². The minimum absolute atomic E-state index is 0.0888. The second kappa shape index (κ2) is 7.79. The molecular weight excluding hydrogens is 412 g/mol. The SMILES string of the molecule is O=C(COc1ccc(Cl)cc1Br)Nc1ccc(-c2nccs2)cc1. The number of aromatic nitrogens is 1. The Hall–Kier alpha value is -1.89. The summed E-state index contributed by atoms with van der Waals surface area (Å²) in [5.74, 6) is 0.326. The van der Waals surface area contributed by atoms with Gasteiger partial charge in [0, 0.05) is 27.9 Å². The molecule has 4 nitrogen and oxygen atoms in total. The van der Waals surface area contributed by atoms with E-state index in [9.17, 15) is 4.79 Å². The van der Waals surface area contributed by atoms with Crippen LogP contribution in [0.5, 0.6) is 5.75 Å². The molecule has 0 spiro atoms. The highest BCUT2D eigenvalue weighted by Crippen LogP contribution is 2.28. The number of rotatable bonds is 5. The molecule has 0 aliphatic heterocycles. The third kappa shape index (κ3) is 4.35. The lowest BCUT2D eigenvalue weighted by Gasteiger charge is -2.09. The molecule has 1 N–H and O–H groups in total. The van der Waals surface area contributed by atoms with E-state index in [1.807, 2.05) is 29.6 Å². The lowest BCUT2D eigenvalue weighted by Crippen LogP contribution is -2.20. The Morgan fingerprint density at radius 1 is 1.25 bits per heavy atom. The summed E-state index contributed by atoms with van der Waals surface area (Å²) >= 11 is 10.8. The zero-order valence-electron chi connectivity index (χ0n) is 12.3. The molecule has 24 heavy (non-hydrogen) atoms. The predicted octanol–water partition coefficient (Wildman–Crippen LogP) is 5.24. The Labute approximate surface area is 156 Å². The number of carbonyl (C=O) groups is 1. The van der Waals surface area contributed by atoms with Crippen molar-refractivity contribution in [3.05, 3.63) is 63.5 Å². The smallest absolute Gasteiger partial charge is 0.262 e. The Kier molecular flexibility index (Phi) is 5.50. The van der Waals surface area contributed by atoms with Crippen LogP contribution in [-0.4, -0.2) is 17.5 Å². The number of hydrogen-bond acceptors (Lipinski definition) is 4. The molecule has 0 radical (unpaired) electrons. The molecule has 1 heterocycles. The Balaban J connectivity index is 1.56. The van der Waals surface area contributed by atoms with Gasteiger partial charge in [0.15, 0.2) is 6.61 Å². The molecule has 0 saturated carbocycles. The van der Waals surface area contributed by atoms with Gasteiger partial charge in [-0.05, 0) is 58.4 Å². The van der Waals surface area contributed by atoms with E-state index >= 15 is 0 Å². The number of amides is 1. The highest BCUT2D eigenvalue weighted by Gasteiger charge is 2.07. The van der Waals surface area contributed by atoms with Gasteiger partial charge in [-0.3, -0.25) is 4.79 Å². The lowest BCUT2D eigenvalue weighted by atomic mass is 10.2. The maximum Gasteiger partial charge on any atom is 0.262 e. The van der Waals surface area contributed by atoms with Crippen LogP contribution in [0.2, 0.25) is 5.02 Å². The Bertz CT molecular complexity index is 838. The topological polar surface area (TPSA) is 51.2 Å². The minimum atomic E-state index is -0.237. The first-order chi connectivity index (χ1) is 11.6. The van der Waals surface area contributed by atoms with Crippen LogP contribution in [-0.2, 0) is 4.79 Å². The summed E-state index contributed by atoms with van der Waals surface area (Å²) in [4.78, 5) is 16.2. The first-order valence-corrected chi connectivity index (χ1v) is 9.04. The van der Waals surface area contributed by atoms with Gasteiger partial charge < -0.3 is 10.1 Å². The summed E-state index contributed by atoms with van der Waals surface area (Å²) in [6.07, 6.45) is 1.77. The van der Waals surface area contributed by atoms with E-state index in [4.69, 9.17) is 16.3 Å². The van der Waals surface area contributed by atoms with Crippen molar-refractivity contribution in [2.24, 2.45) is 0 Å². The van der Waals surface area contributed by atoms with Crippen molar-refractivity contribution in [1.29, 1.82) is 0 Å². The van der Waals surface area contributed by atoms with Gasteiger partial charge >= 0.3 is 0 Å². The molecular formula is C17H12BrClN2O2S. The van der Waals surface area contributed by atoms with Crippen molar-refractivity contribution >= 4 is 50.5 Å². The van der Waals surface area contributed by atoms with Gasteiger partial charge in [0.05, 0.1) is 4.47 Å². The van der Waals surface area contributed by atoms with Gasteiger partial charge in [0.25, 0.3) is 5.91 Å². The highest BCUT2D eigenvalue weighted by molar-refractivity contribution is 9.10. The largest absolute Gasteiger partial charge is 0.483 e. The van der Waals surface area contributed by atoms with Crippen LogP contribution in [0.3, 0.4) is 0 Å². The second-order valence-electron chi connectivity index (χ2n) is 4.83. The van der Waals surface area contributed by atoms with Crippen molar-refractivity contribution in [2.75, 3.05) is 11.9 Å². The van der Waals surface area contributed by atoms with Crippen LogP contribution < -0.4 is 10.1 Å². The maximum absolute atomic E-state index is 12.0. The van der Waals surface area contributed by atoms with Crippen LogP contribution in [0.1, 0.15) is 0 Å². The van der Waals surface area contributed by atoms with Crippen LogP contribution in [0.4, 0.5) is 5.69 Å². The number of thiazole rings is 1. The first kappa shape index (κ1) is 17.0. The molecule has 0 fully saturated rings. The van der Waals surface area contributed by atoms with Gasteiger partial charge in [-0.1, -0.05) is 11.6 Å². The summed E-state index contributed by atoms with van der Waals surface area (Å²) in [7, 11) is 0. The van der Waals surface area contributed by atoms with E-state index in [1.165, 1.54) is 0 Å². The molecule has 1 aromatic heterocycles. The highest BCUT2D eigenvalue weighted by atomic mass is 79.9. The average Bonchev–Trinajstić information content (AvgIpc) is 3.09.